The van der Waals surface area contributed by atoms with E-state index in [0.717, 1.165) is 12.0 Å². The summed E-state index contributed by atoms with van der Waals surface area (Å²) in [5.41, 5.74) is 3.41. The summed E-state index contributed by atoms with van der Waals surface area (Å²) < 4.78 is 0. The molecule has 0 heterocycles. The number of benzene rings is 3. The number of hydrogen-bond acceptors (Lipinski definition) is 4. The SMILES string of the molecule is CCCC(=O)Nc1cccc(NC(=O)CNc2cccc(C(=O)NCc3ccccc3)c2)c1. The molecule has 0 bridgehead atoms. The summed E-state index contributed by atoms with van der Waals surface area (Å²) in [6.07, 6.45) is 1.22. The molecule has 0 saturated carbocycles. The lowest BCUT2D eigenvalue weighted by Gasteiger charge is -2.11. The predicted molar refractivity (Wildman–Crippen MR) is 131 cm³/mol. The predicted octanol–water partition coefficient (Wildman–Crippen LogP) is 4.41. The Morgan fingerprint density at radius 1 is 0.727 bits per heavy atom. The molecule has 0 atom stereocenters. The van der Waals surface area contributed by atoms with Gasteiger partial charge in [-0.3, -0.25) is 14.4 Å². The molecule has 0 saturated heterocycles. The minimum Gasteiger partial charge on any atom is -0.376 e. The third-order valence-corrected chi connectivity index (χ3v) is 4.78. The van der Waals surface area contributed by atoms with Gasteiger partial charge in [0.15, 0.2) is 0 Å². The van der Waals surface area contributed by atoms with Gasteiger partial charge in [0.25, 0.3) is 5.91 Å². The van der Waals surface area contributed by atoms with Crippen LogP contribution in [0.1, 0.15) is 35.7 Å². The van der Waals surface area contributed by atoms with Crippen LogP contribution in [0.3, 0.4) is 0 Å². The third kappa shape index (κ3) is 7.81. The Labute approximate surface area is 193 Å². The van der Waals surface area contributed by atoms with Gasteiger partial charge in [-0.25, -0.2) is 0 Å². The van der Waals surface area contributed by atoms with Crippen LogP contribution in [0.15, 0.2) is 78.9 Å². The Bertz CT molecular complexity index is 1100. The van der Waals surface area contributed by atoms with Crippen LogP contribution in [0.2, 0.25) is 0 Å². The number of rotatable bonds is 10. The lowest BCUT2D eigenvalue weighted by atomic mass is 10.1. The Morgan fingerprint density at radius 2 is 1.39 bits per heavy atom. The second-order valence-corrected chi connectivity index (χ2v) is 7.53. The Hall–Kier alpha value is -4.13. The summed E-state index contributed by atoms with van der Waals surface area (Å²) in [4.78, 5) is 36.6. The monoisotopic (exact) mass is 444 g/mol. The van der Waals surface area contributed by atoms with Crippen molar-refractivity contribution < 1.29 is 14.4 Å². The number of hydrogen-bond donors (Lipinski definition) is 4. The molecule has 0 unspecified atom stereocenters. The molecule has 0 aliphatic rings. The van der Waals surface area contributed by atoms with Crippen LogP contribution >= 0.6 is 0 Å². The Morgan fingerprint density at radius 3 is 2.12 bits per heavy atom. The zero-order valence-electron chi connectivity index (χ0n) is 18.6. The molecule has 0 radical (unpaired) electrons. The molecule has 7 heteroatoms. The molecule has 0 aliphatic carbocycles. The van der Waals surface area contributed by atoms with Crippen LogP contribution in [0.5, 0.6) is 0 Å². The number of amides is 3. The number of carbonyl (C=O) groups is 3. The van der Waals surface area contributed by atoms with Crippen LogP contribution in [0.25, 0.3) is 0 Å². The summed E-state index contributed by atoms with van der Waals surface area (Å²) in [6, 6.07) is 23.7. The van der Waals surface area contributed by atoms with E-state index in [-0.39, 0.29) is 24.3 Å². The summed E-state index contributed by atoms with van der Waals surface area (Å²) >= 11 is 0. The molecule has 170 valence electrons. The first-order chi connectivity index (χ1) is 16.0. The molecular weight excluding hydrogens is 416 g/mol. The van der Waals surface area contributed by atoms with Crippen LogP contribution in [0.4, 0.5) is 17.1 Å². The minimum atomic E-state index is -0.244. The second-order valence-electron chi connectivity index (χ2n) is 7.53. The van der Waals surface area contributed by atoms with Crippen LogP contribution in [0, 0.1) is 0 Å². The lowest BCUT2D eigenvalue weighted by Crippen LogP contribution is -2.24. The topological polar surface area (TPSA) is 99.3 Å². The summed E-state index contributed by atoms with van der Waals surface area (Å²) in [6.45, 7) is 2.41. The first-order valence-electron chi connectivity index (χ1n) is 10.9. The maximum atomic E-state index is 12.5. The standard InChI is InChI=1S/C26H28N4O3/c1-2-8-24(31)29-22-13-7-14-23(16-22)30-25(32)18-27-21-12-6-11-20(15-21)26(33)28-17-19-9-4-3-5-10-19/h3-7,9-16,27H,2,8,17-18H2,1H3,(H,28,33)(H,29,31)(H,30,32). The fourth-order valence-corrected chi connectivity index (χ4v) is 3.16. The highest BCUT2D eigenvalue weighted by Crippen LogP contribution is 2.16. The van der Waals surface area contributed by atoms with E-state index in [4.69, 9.17) is 0 Å². The highest BCUT2D eigenvalue weighted by Gasteiger charge is 2.08. The van der Waals surface area contributed by atoms with Crippen molar-refractivity contribution in [1.82, 2.24) is 5.32 Å². The zero-order valence-corrected chi connectivity index (χ0v) is 18.6. The van der Waals surface area contributed by atoms with E-state index >= 15 is 0 Å². The van der Waals surface area contributed by atoms with E-state index in [2.05, 4.69) is 21.3 Å². The van der Waals surface area contributed by atoms with E-state index < -0.39 is 0 Å². The van der Waals surface area contributed by atoms with Crippen molar-refractivity contribution >= 4 is 34.8 Å². The molecule has 0 fully saturated rings. The van der Waals surface area contributed by atoms with E-state index in [9.17, 15) is 14.4 Å². The first-order valence-corrected chi connectivity index (χ1v) is 10.9. The molecule has 3 aromatic rings. The maximum Gasteiger partial charge on any atom is 0.251 e. The largest absolute Gasteiger partial charge is 0.376 e. The molecule has 33 heavy (non-hydrogen) atoms. The quantitative estimate of drug-likeness (QED) is 0.372. The van der Waals surface area contributed by atoms with Crippen molar-refractivity contribution in [2.24, 2.45) is 0 Å². The van der Waals surface area contributed by atoms with Gasteiger partial charge in [-0.2, -0.15) is 0 Å². The smallest absolute Gasteiger partial charge is 0.251 e. The number of carbonyl (C=O) groups excluding carboxylic acids is 3. The van der Waals surface area contributed by atoms with Crippen LogP contribution in [-0.4, -0.2) is 24.3 Å². The average Bonchev–Trinajstić information content (AvgIpc) is 2.82. The van der Waals surface area contributed by atoms with Gasteiger partial charge < -0.3 is 21.3 Å². The fourth-order valence-electron chi connectivity index (χ4n) is 3.16. The molecule has 4 N–H and O–H groups in total. The average molecular weight is 445 g/mol. The van der Waals surface area contributed by atoms with Crippen molar-refractivity contribution in [3.05, 3.63) is 90.0 Å². The molecule has 3 amide bonds. The van der Waals surface area contributed by atoms with E-state index in [1.807, 2.05) is 37.3 Å². The summed E-state index contributed by atoms with van der Waals surface area (Å²) in [5, 5.41) is 11.5. The van der Waals surface area contributed by atoms with Crippen molar-refractivity contribution in [3.8, 4) is 0 Å². The molecule has 3 aromatic carbocycles. The Balaban J connectivity index is 1.50. The van der Waals surface area contributed by atoms with Crippen molar-refractivity contribution in [1.29, 1.82) is 0 Å². The van der Waals surface area contributed by atoms with Crippen molar-refractivity contribution in [2.45, 2.75) is 26.3 Å². The van der Waals surface area contributed by atoms with Gasteiger partial charge in [-0.1, -0.05) is 49.4 Å². The van der Waals surface area contributed by atoms with E-state index in [1.54, 1.807) is 48.5 Å². The van der Waals surface area contributed by atoms with Gasteiger partial charge in [-0.15, -0.1) is 0 Å². The highest BCUT2D eigenvalue weighted by atomic mass is 16.2. The van der Waals surface area contributed by atoms with Gasteiger partial charge >= 0.3 is 0 Å². The number of anilines is 3. The van der Waals surface area contributed by atoms with Gasteiger partial charge in [-0.05, 0) is 48.4 Å². The Kier molecular flexibility index (Phi) is 8.59. The summed E-state index contributed by atoms with van der Waals surface area (Å²) in [5.74, 6) is -0.491. The molecular formula is C26H28N4O3. The van der Waals surface area contributed by atoms with Crippen molar-refractivity contribution in [2.75, 3.05) is 22.5 Å². The molecule has 0 aliphatic heterocycles. The molecule has 3 rings (SSSR count). The molecule has 0 spiro atoms. The van der Waals surface area contributed by atoms with Crippen LogP contribution in [-0.2, 0) is 16.1 Å². The maximum absolute atomic E-state index is 12.5. The van der Waals surface area contributed by atoms with E-state index in [1.165, 1.54) is 0 Å². The van der Waals surface area contributed by atoms with Gasteiger partial charge in [0.1, 0.15) is 0 Å². The van der Waals surface area contributed by atoms with E-state index in [0.29, 0.717) is 35.6 Å². The van der Waals surface area contributed by atoms with Crippen molar-refractivity contribution in [3.63, 3.8) is 0 Å². The van der Waals surface area contributed by atoms with Crippen LogP contribution < -0.4 is 21.3 Å². The number of nitrogens with one attached hydrogen (secondary N) is 4. The van der Waals surface area contributed by atoms with Gasteiger partial charge in [0, 0.05) is 35.6 Å². The molecule has 0 aromatic heterocycles. The highest BCUT2D eigenvalue weighted by molar-refractivity contribution is 5.97. The second kappa shape index (κ2) is 12.0. The minimum absolute atomic E-state index is 0.0293. The van der Waals surface area contributed by atoms with Gasteiger partial charge in [0.05, 0.1) is 6.54 Å². The zero-order chi connectivity index (χ0) is 23.5. The van der Waals surface area contributed by atoms with Gasteiger partial charge in [0.2, 0.25) is 11.8 Å². The fraction of sp³-hybridized carbons (Fsp3) is 0.192. The summed E-state index contributed by atoms with van der Waals surface area (Å²) in [7, 11) is 0. The third-order valence-electron chi connectivity index (χ3n) is 4.78. The lowest BCUT2D eigenvalue weighted by molar-refractivity contribution is -0.116. The molecule has 7 nitrogen and oxygen atoms in total. The normalized spacial score (nSPS) is 10.2. The first kappa shape index (κ1) is 23.5.